The molecular formula is C8H10FNO2. The van der Waals surface area contributed by atoms with Gasteiger partial charge in [-0.15, -0.1) is 0 Å². The molecule has 1 aromatic carbocycles. The number of hydrogen-bond donors (Lipinski definition) is 3. The molecule has 4 N–H and O–H groups in total. The van der Waals surface area contributed by atoms with Gasteiger partial charge in [0.1, 0.15) is 5.82 Å². The lowest BCUT2D eigenvalue weighted by Gasteiger charge is -2.09. The minimum absolute atomic E-state index is 0.201. The molecule has 1 atom stereocenters. The Hall–Kier alpha value is -1.29. The van der Waals surface area contributed by atoms with Gasteiger partial charge in [-0.05, 0) is 13.0 Å². The Labute approximate surface area is 69.3 Å². The average molecular weight is 171 g/mol. The van der Waals surface area contributed by atoms with Crippen LogP contribution in [0.5, 0.6) is 11.5 Å². The minimum Gasteiger partial charge on any atom is -0.504 e. The van der Waals surface area contributed by atoms with E-state index in [0.29, 0.717) is 0 Å². The van der Waals surface area contributed by atoms with Crippen molar-refractivity contribution in [3.63, 3.8) is 0 Å². The highest BCUT2D eigenvalue weighted by Gasteiger charge is 2.11. The van der Waals surface area contributed by atoms with Crippen LogP contribution in [0.4, 0.5) is 4.39 Å². The number of halogens is 1. The Bertz CT molecular complexity index is 299. The highest BCUT2D eigenvalue weighted by atomic mass is 19.1. The van der Waals surface area contributed by atoms with Gasteiger partial charge in [0, 0.05) is 17.7 Å². The zero-order chi connectivity index (χ0) is 9.30. The van der Waals surface area contributed by atoms with Gasteiger partial charge in [-0.2, -0.15) is 0 Å². The van der Waals surface area contributed by atoms with Crippen LogP contribution >= 0.6 is 0 Å². The third kappa shape index (κ3) is 1.48. The van der Waals surface area contributed by atoms with E-state index in [9.17, 15) is 9.50 Å². The number of benzene rings is 1. The van der Waals surface area contributed by atoms with Gasteiger partial charge in [0.25, 0.3) is 0 Å². The maximum atomic E-state index is 12.6. The smallest absolute Gasteiger partial charge is 0.162 e. The van der Waals surface area contributed by atoms with Crippen molar-refractivity contribution in [3.8, 4) is 11.5 Å². The zero-order valence-electron chi connectivity index (χ0n) is 6.58. The van der Waals surface area contributed by atoms with Crippen molar-refractivity contribution >= 4 is 0 Å². The van der Waals surface area contributed by atoms with E-state index in [1.54, 1.807) is 6.92 Å². The first-order valence-corrected chi connectivity index (χ1v) is 3.49. The lowest BCUT2D eigenvalue weighted by atomic mass is 10.1. The SMILES string of the molecule is C[C@@H](N)c1cc(F)cc(O)c1O. The van der Waals surface area contributed by atoms with E-state index in [0.717, 1.165) is 12.1 Å². The molecule has 0 aliphatic rings. The monoisotopic (exact) mass is 171 g/mol. The summed E-state index contributed by atoms with van der Waals surface area (Å²) in [5.41, 5.74) is 5.62. The third-order valence-electron chi connectivity index (χ3n) is 1.57. The molecule has 0 heterocycles. The van der Waals surface area contributed by atoms with Gasteiger partial charge < -0.3 is 15.9 Å². The average Bonchev–Trinajstić information content (AvgIpc) is 1.96. The molecular weight excluding hydrogens is 161 g/mol. The van der Waals surface area contributed by atoms with E-state index in [1.165, 1.54) is 0 Å². The normalized spacial score (nSPS) is 12.9. The second-order valence-corrected chi connectivity index (χ2v) is 2.65. The van der Waals surface area contributed by atoms with E-state index in [4.69, 9.17) is 10.8 Å². The maximum absolute atomic E-state index is 12.6. The molecule has 1 rings (SSSR count). The molecule has 0 bridgehead atoms. The van der Waals surface area contributed by atoms with Gasteiger partial charge in [-0.25, -0.2) is 4.39 Å². The van der Waals surface area contributed by atoms with Crippen molar-refractivity contribution in [1.82, 2.24) is 0 Å². The highest BCUT2D eigenvalue weighted by molar-refractivity contribution is 5.46. The number of hydrogen-bond acceptors (Lipinski definition) is 3. The summed E-state index contributed by atoms with van der Waals surface area (Å²) < 4.78 is 12.6. The van der Waals surface area contributed by atoms with Gasteiger partial charge >= 0.3 is 0 Å². The van der Waals surface area contributed by atoms with Crippen LogP contribution in [0.15, 0.2) is 12.1 Å². The zero-order valence-corrected chi connectivity index (χ0v) is 6.58. The largest absolute Gasteiger partial charge is 0.504 e. The second kappa shape index (κ2) is 2.98. The molecule has 3 nitrogen and oxygen atoms in total. The summed E-state index contributed by atoms with van der Waals surface area (Å²) in [5.74, 6) is -1.45. The molecule has 12 heavy (non-hydrogen) atoms. The topological polar surface area (TPSA) is 66.5 Å². The van der Waals surface area contributed by atoms with Crippen molar-refractivity contribution in [3.05, 3.63) is 23.5 Å². The molecule has 0 spiro atoms. The molecule has 0 saturated heterocycles. The van der Waals surface area contributed by atoms with Crippen LogP contribution in [-0.4, -0.2) is 10.2 Å². The molecule has 0 unspecified atom stereocenters. The van der Waals surface area contributed by atoms with Crippen LogP contribution in [-0.2, 0) is 0 Å². The molecule has 0 amide bonds. The molecule has 66 valence electrons. The Morgan fingerprint density at radius 2 is 2.00 bits per heavy atom. The van der Waals surface area contributed by atoms with Crippen LogP contribution < -0.4 is 5.73 Å². The lowest BCUT2D eigenvalue weighted by molar-refractivity contribution is 0.392. The summed E-state index contributed by atoms with van der Waals surface area (Å²) in [7, 11) is 0. The van der Waals surface area contributed by atoms with Crippen molar-refractivity contribution in [2.45, 2.75) is 13.0 Å². The van der Waals surface area contributed by atoms with Gasteiger partial charge in [0.05, 0.1) is 0 Å². The van der Waals surface area contributed by atoms with Gasteiger partial charge in [0.2, 0.25) is 0 Å². The molecule has 1 aromatic rings. The minimum atomic E-state index is -0.613. The Morgan fingerprint density at radius 1 is 1.42 bits per heavy atom. The van der Waals surface area contributed by atoms with Crippen molar-refractivity contribution < 1.29 is 14.6 Å². The van der Waals surface area contributed by atoms with E-state index in [-0.39, 0.29) is 11.3 Å². The van der Waals surface area contributed by atoms with Gasteiger partial charge in [-0.3, -0.25) is 0 Å². The first-order valence-electron chi connectivity index (χ1n) is 3.49. The summed E-state index contributed by atoms with van der Waals surface area (Å²) in [5, 5.41) is 18.2. The van der Waals surface area contributed by atoms with E-state index in [2.05, 4.69) is 0 Å². The summed E-state index contributed by atoms with van der Waals surface area (Å²) >= 11 is 0. The van der Waals surface area contributed by atoms with Crippen LogP contribution in [0.3, 0.4) is 0 Å². The quantitative estimate of drug-likeness (QED) is 0.557. The molecule has 0 radical (unpaired) electrons. The second-order valence-electron chi connectivity index (χ2n) is 2.65. The Morgan fingerprint density at radius 3 is 2.50 bits per heavy atom. The first-order chi connectivity index (χ1) is 5.52. The van der Waals surface area contributed by atoms with Gasteiger partial charge in [-0.1, -0.05) is 0 Å². The van der Waals surface area contributed by atoms with Crippen molar-refractivity contribution in [2.24, 2.45) is 5.73 Å². The molecule has 0 aliphatic heterocycles. The number of phenols is 2. The molecule has 0 aliphatic carbocycles. The van der Waals surface area contributed by atoms with E-state index < -0.39 is 17.6 Å². The number of phenolic OH excluding ortho intramolecular Hbond substituents is 2. The maximum Gasteiger partial charge on any atom is 0.162 e. The fourth-order valence-corrected chi connectivity index (χ4v) is 0.953. The molecule has 0 aromatic heterocycles. The summed E-state index contributed by atoms with van der Waals surface area (Å²) in [6.07, 6.45) is 0. The lowest BCUT2D eigenvalue weighted by Crippen LogP contribution is -2.05. The predicted octanol–water partition coefficient (Wildman–Crippen LogP) is 1.26. The standard InChI is InChI=1S/C8H10FNO2/c1-4(10)6-2-5(9)3-7(11)8(6)12/h2-4,11-12H,10H2,1H3/t4-/m1/s1. The highest BCUT2D eigenvalue weighted by Crippen LogP contribution is 2.32. The first kappa shape index (κ1) is 8.80. The molecule has 0 fully saturated rings. The van der Waals surface area contributed by atoms with Gasteiger partial charge in [0.15, 0.2) is 11.5 Å². The molecule has 0 saturated carbocycles. The fourth-order valence-electron chi connectivity index (χ4n) is 0.953. The number of rotatable bonds is 1. The molecule has 4 heteroatoms. The van der Waals surface area contributed by atoms with Crippen molar-refractivity contribution in [1.29, 1.82) is 0 Å². The Balaban J connectivity index is 3.28. The van der Waals surface area contributed by atoms with Crippen LogP contribution in [0.1, 0.15) is 18.5 Å². The number of aromatic hydroxyl groups is 2. The predicted molar refractivity (Wildman–Crippen MR) is 42.3 cm³/mol. The van der Waals surface area contributed by atoms with Crippen LogP contribution in [0.2, 0.25) is 0 Å². The summed E-state index contributed by atoms with van der Waals surface area (Å²) in [6.45, 7) is 1.59. The van der Waals surface area contributed by atoms with Crippen LogP contribution in [0.25, 0.3) is 0 Å². The van der Waals surface area contributed by atoms with Crippen molar-refractivity contribution in [2.75, 3.05) is 0 Å². The van der Waals surface area contributed by atoms with E-state index in [1.807, 2.05) is 0 Å². The summed E-state index contributed by atoms with van der Waals surface area (Å²) in [4.78, 5) is 0. The third-order valence-corrected chi connectivity index (χ3v) is 1.57. The van der Waals surface area contributed by atoms with Crippen LogP contribution in [0, 0.1) is 5.82 Å². The Kier molecular flexibility index (Phi) is 2.19. The van der Waals surface area contributed by atoms with E-state index >= 15 is 0 Å². The summed E-state index contributed by atoms with van der Waals surface area (Å²) in [6, 6.07) is 1.42. The fraction of sp³-hybridized carbons (Fsp3) is 0.250. The number of nitrogens with two attached hydrogens (primary N) is 1.